The Morgan fingerprint density at radius 2 is 1.91 bits per heavy atom. The van der Waals surface area contributed by atoms with Crippen LogP contribution in [0, 0.1) is 6.92 Å². The molecule has 0 saturated heterocycles. The molecule has 0 fully saturated rings. The van der Waals surface area contributed by atoms with Gasteiger partial charge in [0.15, 0.2) is 0 Å². The smallest absolute Gasteiger partial charge is 0.227 e. The molecule has 6 heteroatoms. The first-order valence-electron chi connectivity index (χ1n) is 11.0. The number of carbonyl (C=O) groups is 2. The normalized spacial score (nSPS) is 14.9. The molecule has 32 heavy (non-hydrogen) atoms. The highest BCUT2D eigenvalue weighted by Gasteiger charge is 2.23. The van der Waals surface area contributed by atoms with Gasteiger partial charge >= 0.3 is 0 Å². The molecule has 3 aromatic rings. The number of ether oxygens (including phenoxy) is 1. The maximum Gasteiger partial charge on any atom is 0.227 e. The summed E-state index contributed by atoms with van der Waals surface area (Å²) in [5.41, 5.74) is 5.51. The van der Waals surface area contributed by atoms with Crippen LogP contribution in [0.3, 0.4) is 0 Å². The number of fused-ring (bicyclic) bond motifs is 2. The monoisotopic (exact) mass is 427 g/mol. The third-order valence-electron chi connectivity index (χ3n) is 6.12. The highest BCUT2D eigenvalue weighted by atomic mass is 16.5. The second-order valence-electron chi connectivity index (χ2n) is 8.44. The minimum absolute atomic E-state index is 0.0219. The van der Waals surface area contributed by atoms with E-state index in [-0.39, 0.29) is 11.8 Å². The number of hydrogen-bond donors (Lipinski definition) is 1. The van der Waals surface area contributed by atoms with Crippen LogP contribution >= 0.6 is 0 Å². The van der Waals surface area contributed by atoms with Crippen molar-refractivity contribution in [2.45, 2.75) is 39.2 Å². The predicted octanol–water partition coefficient (Wildman–Crippen LogP) is 4.19. The Hall–Kier alpha value is -3.67. The summed E-state index contributed by atoms with van der Waals surface area (Å²) in [5.74, 6) is 2.13. The number of amides is 2. The van der Waals surface area contributed by atoms with Crippen molar-refractivity contribution in [2.24, 2.45) is 0 Å². The average molecular weight is 428 g/mol. The number of aryl methyl sites for hydroxylation is 1. The van der Waals surface area contributed by atoms with Crippen molar-refractivity contribution < 1.29 is 14.3 Å². The van der Waals surface area contributed by atoms with E-state index < -0.39 is 0 Å². The predicted molar refractivity (Wildman–Crippen MR) is 122 cm³/mol. The molecule has 2 aromatic carbocycles. The molecular formula is C26H25N3O3. The number of aromatic nitrogens is 1. The number of nitrogens with one attached hydrogen (secondary N) is 1. The number of hydrogen-bond acceptors (Lipinski definition) is 4. The topological polar surface area (TPSA) is 71.5 Å². The standard InChI is InChI=1S/C26H25N3O3/c1-17-2-4-18(5-3-17)14-25(31)29-13-11-19-6-7-21(15-20(19)16-29)32-23-10-12-27-26-22(23)8-9-24(30)28-26/h2-7,10,12,15H,8-9,11,13-14,16H2,1H3,(H,27,28,30). The fraction of sp³-hybridized carbons (Fsp3) is 0.269. The third kappa shape index (κ3) is 4.21. The summed E-state index contributed by atoms with van der Waals surface area (Å²) in [6.07, 6.45) is 3.93. The number of pyridine rings is 1. The maximum atomic E-state index is 12.9. The van der Waals surface area contributed by atoms with E-state index in [0.717, 1.165) is 35.4 Å². The Morgan fingerprint density at radius 3 is 2.75 bits per heavy atom. The fourth-order valence-corrected chi connectivity index (χ4v) is 4.28. The van der Waals surface area contributed by atoms with Gasteiger partial charge in [0, 0.05) is 31.3 Å². The molecule has 0 atom stereocenters. The van der Waals surface area contributed by atoms with E-state index in [0.29, 0.717) is 37.4 Å². The van der Waals surface area contributed by atoms with Crippen molar-refractivity contribution >= 4 is 17.6 Å². The maximum absolute atomic E-state index is 12.9. The van der Waals surface area contributed by atoms with Gasteiger partial charge in [-0.3, -0.25) is 9.59 Å². The number of benzene rings is 2. The SMILES string of the molecule is Cc1ccc(CC(=O)N2CCc3ccc(Oc4ccnc5c4CCC(=O)N5)cc3C2)cc1. The largest absolute Gasteiger partial charge is 0.457 e. The quantitative estimate of drug-likeness (QED) is 0.678. The molecule has 1 aromatic heterocycles. The van der Waals surface area contributed by atoms with E-state index >= 15 is 0 Å². The molecule has 2 aliphatic rings. The van der Waals surface area contributed by atoms with Gasteiger partial charge in [-0.25, -0.2) is 4.98 Å². The summed E-state index contributed by atoms with van der Waals surface area (Å²) in [5, 5.41) is 2.80. The average Bonchev–Trinajstić information content (AvgIpc) is 2.80. The number of nitrogens with zero attached hydrogens (tertiary/aromatic N) is 2. The third-order valence-corrected chi connectivity index (χ3v) is 6.12. The first-order chi connectivity index (χ1) is 15.5. The van der Waals surface area contributed by atoms with Gasteiger partial charge < -0.3 is 15.0 Å². The highest BCUT2D eigenvalue weighted by molar-refractivity contribution is 5.93. The van der Waals surface area contributed by atoms with Crippen LogP contribution in [0.1, 0.15) is 34.2 Å². The highest BCUT2D eigenvalue weighted by Crippen LogP contribution is 2.34. The Kier molecular flexibility index (Phi) is 5.35. The fourth-order valence-electron chi connectivity index (χ4n) is 4.28. The summed E-state index contributed by atoms with van der Waals surface area (Å²) < 4.78 is 6.19. The Labute approximate surface area is 187 Å². The van der Waals surface area contributed by atoms with Crippen LogP contribution in [0.5, 0.6) is 11.5 Å². The molecule has 2 aliphatic heterocycles. The molecule has 1 N–H and O–H groups in total. The van der Waals surface area contributed by atoms with Gasteiger partial charge in [0.25, 0.3) is 0 Å². The van der Waals surface area contributed by atoms with E-state index in [4.69, 9.17) is 4.74 Å². The zero-order valence-corrected chi connectivity index (χ0v) is 18.1. The number of rotatable bonds is 4. The Balaban J connectivity index is 1.31. The van der Waals surface area contributed by atoms with Gasteiger partial charge in [0.1, 0.15) is 17.3 Å². The van der Waals surface area contributed by atoms with E-state index in [1.807, 2.05) is 54.3 Å². The van der Waals surface area contributed by atoms with Crippen LogP contribution in [0.15, 0.2) is 54.7 Å². The van der Waals surface area contributed by atoms with E-state index in [1.54, 1.807) is 6.20 Å². The van der Waals surface area contributed by atoms with Gasteiger partial charge in [-0.1, -0.05) is 35.9 Å². The minimum atomic E-state index is -0.0219. The molecule has 0 spiro atoms. The van der Waals surface area contributed by atoms with E-state index in [2.05, 4.69) is 16.4 Å². The van der Waals surface area contributed by atoms with E-state index in [9.17, 15) is 9.59 Å². The summed E-state index contributed by atoms with van der Waals surface area (Å²) >= 11 is 0. The lowest BCUT2D eigenvalue weighted by molar-refractivity contribution is -0.131. The second kappa shape index (κ2) is 8.46. The summed E-state index contributed by atoms with van der Waals surface area (Å²) in [6.45, 7) is 3.36. The van der Waals surface area contributed by atoms with Crippen molar-refractivity contribution in [3.05, 3.63) is 82.5 Å². The van der Waals surface area contributed by atoms with E-state index in [1.165, 1.54) is 11.1 Å². The van der Waals surface area contributed by atoms with Crippen LogP contribution in [0.2, 0.25) is 0 Å². The molecule has 5 rings (SSSR count). The molecule has 0 unspecified atom stereocenters. The van der Waals surface area contributed by atoms with Crippen molar-refractivity contribution in [1.29, 1.82) is 0 Å². The molecule has 0 aliphatic carbocycles. The van der Waals surface area contributed by atoms with Crippen molar-refractivity contribution in [3.63, 3.8) is 0 Å². The molecule has 6 nitrogen and oxygen atoms in total. The number of anilines is 1. The first-order valence-corrected chi connectivity index (χ1v) is 11.0. The van der Waals surface area contributed by atoms with Gasteiger partial charge in [-0.05, 0) is 54.7 Å². The lowest BCUT2D eigenvalue weighted by Gasteiger charge is -2.29. The zero-order chi connectivity index (χ0) is 22.1. The van der Waals surface area contributed by atoms with Crippen molar-refractivity contribution in [2.75, 3.05) is 11.9 Å². The van der Waals surface area contributed by atoms with Crippen LogP contribution in [-0.2, 0) is 35.4 Å². The van der Waals surface area contributed by atoms with Crippen LogP contribution in [0.25, 0.3) is 0 Å². The summed E-state index contributed by atoms with van der Waals surface area (Å²) in [7, 11) is 0. The second-order valence-corrected chi connectivity index (χ2v) is 8.44. The molecule has 3 heterocycles. The van der Waals surface area contributed by atoms with Crippen molar-refractivity contribution in [1.82, 2.24) is 9.88 Å². The molecule has 2 amide bonds. The molecule has 0 saturated carbocycles. The Morgan fingerprint density at radius 1 is 1.06 bits per heavy atom. The lowest BCUT2D eigenvalue weighted by atomic mass is 9.98. The van der Waals surface area contributed by atoms with Crippen LogP contribution in [-0.4, -0.2) is 28.2 Å². The van der Waals surface area contributed by atoms with Crippen molar-refractivity contribution in [3.8, 4) is 11.5 Å². The van der Waals surface area contributed by atoms with Gasteiger partial charge in [0.2, 0.25) is 11.8 Å². The van der Waals surface area contributed by atoms with Gasteiger partial charge in [-0.2, -0.15) is 0 Å². The lowest BCUT2D eigenvalue weighted by Crippen LogP contribution is -2.36. The first kappa shape index (κ1) is 20.2. The van der Waals surface area contributed by atoms with Crippen LogP contribution < -0.4 is 10.1 Å². The zero-order valence-electron chi connectivity index (χ0n) is 18.1. The van der Waals surface area contributed by atoms with Crippen LogP contribution in [0.4, 0.5) is 5.82 Å². The summed E-state index contributed by atoms with van der Waals surface area (Å²) in [6, 6.07) is 16.0. The Bertz CT molecular complexity index is 1190. The minimum Gasteiger partial charge on any atom is -0.457 e. The summed E-state index contributed by atoms with van der Waals surface area (Å²) in [4.78, 5) is 30.7. The molecular weight excluding hydrogens is 402 g/mol. The molecule has 162 valence electrons. The molecule has 0 radical (unpaired) electrons. The van der Waals surface area contributed by atoms with Gasteiger partial charge in [-0.15, -0.1) is 0 Å². The number of carbonyl (C=O) groups excluding carboxylic acids is 2. The van der Waals surface area contributed by atoms with Gasteiger partial charge in [0.05, 0.1) is 6.42 Å². The molecule has 0 bridgehead atoms.